The molecule has 1 aliphatic carbocycles. The van der Waals surface area contributed by atoms with Crippen LogP contribution in [-0.4, -0.2) is 10.9 Å². The van der Waals surface area contributed by atoms with E-state index in [1.807, 2.05) is 12.1 Å². The highest BCUT2D eigenvalue weighted by molar-refractivity contribution is 5.91. The first-order valence-electron chi connectivity index (χ1n) is 6.25. The Bertz CT molecular complexity index is 386. The van der Waals surface area contributed by atoms with Crippen molar-refractivity contribution >= 4 is 11.7 Å². The molecule has 4 heteroatoms. The third-order valence-electron chi connectivity index (χ3n) is 3.29. The van der Waals surface area contributed by atoms with Crippen molar-refractivity contribution in [2.75, 3.05) is 5.32 Å². The number of aromatic nitrogens is 1. The summed E-state index contributed by atoms with van der Waals surface area (Å²) in [5.74, 6) is 0.877. The molecule has 0 radical (unpaired) electrons. The van der Waals surface area contributed by atoms with Gasteiger partial charge in [-0.1, -0.05) is 19.3 Å². The standard InChI is InChI=1S/C13H19N3O/c14-9-10-6-7-15-12(8-10)16-13(17)11-4-2-1-3-5-11/h6-8,11H,1-5,9,14H2,(H,15,16,17). The minimum atomic E-state index is 0.103. The third kappa shape index (κ3) is 3.27. The molecule has 0 aliphatic heterocycles. The number of pyridine rings is 1. The quantitative estimate of drug-likeness (QED) is 0.839. The molecule has 0 atom stereocenters. The van der Waals surface area contributed by atoms with Crippen LogP contribution in [0.5, 0.6) is 0 Å². The minimum absolute atomic E-state index is 0.103. The average Bonchev–Trinajstić information content (AvgIpc) is 2.40. The topological polar surface area (TPSA) is 68.0 Å². The Morgan fingerprint density at radius 2 is 2.18 bits per heavy atom. The van der Waals surface area contributed by atoms with Crippen LogP contribution in [0.4, 0.5) is 5.82 Å². The number of nitrogens with zero attached hydrogens (tertiary/aromatic N) is 1. The van der Waals surface area contributed by atoms with Crippen molar-refractivity contribution in [1.29, 1.82) is 0 Å². The summed E-state index contributed by atoms with van der Waals surface area (Å²) in [4.78, 5) is 16.1. The number of carbonyl (C=O) groups is 1. The summed E-state index contributed by atoms with van der Waals surface area (Å²) in [5.41, 5.74) is 6.54. The van der Waals surface area contributed by atoms with E-state index in [4.69, 9.17) is 5.73 Å². The highest BCUT2D eigenvalue weighted by Gasteiger charge is 2.21. The van der Waals surface area contributed by atoms with Crippen molar-refractivity contribution in [2.24, 2.45) is 11.7 Å². The molecule has 2 rings (SSSR count). The predicted molar refractivity (Wildman–Crippen MR) is 67.3 cm³/mol. The van der Waals surface area contributed by atoms with E-state index in [0.29, 0.717) is 12.4 Å². The smallest absolute Gasteiger partial charge is 0.228 e. The molecule has 1 aliphatic rings. The maximum atomic E-state index is 12.0. The fraction of sp³-hybridized carbons (Fsp3) is 0.538. The Kier molecular flexibility index (Phi) is 4.09. The molecule has 1 aromatic rings. The number of hydrogen-bond donors (Lipinski definition) is 2. The van der Waals surface area contributed by atoms with Crippen LogP contribution in [0.2, 0.25) is 0 Å². The number of nitrogens with two attached hydrogens (primary N) is 1. The molecule has 0 unspecified atom stereocenters. The highest BCUT2D eigenvalue weighted by Crippen LogP contribution is 2.24. The van der Waals surface area contributed by atoms with Gasteiger partial charge in [0.25, 0.3) is 0 Å². The molecule has 0 bridgehead atoms. The molecule has 0 aromatic carbocycles. The molecule has 1 saturated carbocycles. The number of nitrogens with one attached hydrogen (secondary N) is 1. The van der Waals surface area contributed by atoms with Crippen LogP contribution < -0.4 is 11.1 Å². The van der Waals surface area contributed by atoms with Gasteiger partial charge in [-0.25, -0.2) is 4.98 Å². The van der Waals surface area contributed by atoms with Crippen LogP contribution in [0, 0.1) is 5.92 Å². The SMILES string of the molecule is NCc1ccnc(NC(=O)C2CCCCC2)c1. The van der Waals surface area contributed by atoms with Crippen molar-refractivity contribution < 1.29 is 4.79 Å². The maximum Gasteiger partial charge on any atom is 0.228 e. The van der Waals surface area contributed by atoms with E-state index < -0.39 is 0 Å². The fourth-order valence-electron chi connectivity index (χ4n) is 2.26. The van der Waals surface area contributed by atoms with Crippen molar-refractivity contribution in [3.63, 3.8) is 0 Å². The second kappa shape index (κ2) is 5.77. The van der Waals surface area contributed by atoms with E-state index in [1.54, 1.807) is 6.20 Å². The molecular formula is C13H19N3O. The van der Waals surface area contributed by atoms with Gasteiger partial charge in [-0.2, -0.15) is 0 Å². The molecule has 17 heavy (non-hydrogen) atoms. The number of rotatable bonds is 3. The number of anilines is 1. The van der Waals surface area contributed by atoms with Gasteiger partial charge in [0.15, 0.2) is 0 Å². The van der Waals surface area contributed by atoms with E-state index in [0.717, 1.165) is 31.2 Å². The number of amides is 1. The molecule has 4 nitrogen and oxygen atoms in total. The van der Waals surface area contributed by atoms with Crippen molar-refractivity contribution in [2.45, 2.75) is 38.6 Å². The van der Waals surface area contributed by atoms with E-state index in [2.05, 4.69) is 10.3 Å². The normalized spacial score (nSPS) is 16.8. The first-order chi connectivity index (χ1) is 8.29. The molecule has 0 spiro atoms. The monoisotopic (exact) mass is 233 g/mol. The summed E-state index contributed by atoms with van der Waals surface area (Å²) in [6.07, 6.45) is 7.26. The van der Waals surface area contributed by atoms with Crippen molar-refractivity contribution in [3.8, 4) is 0 Å². The van der Waals surface area contributed by atoms with Gasteiger partial charge in [-0.15, -0.1) is 0 Å². The van der Waals surface area contributed by atoms with Gasteiger partial charge < -0.3 is 11.1 Å². The molecule has 3 N–H and O–H groups in total. The second-order valence-corrected chi connectivity index (χ2v) is 4.58. The van der Waals surface area contributed by atoms with E-state index in [9.17, 15) is 4.79 Å². The average molecular weight is 233 g/mol. The van der Waals surface area contributed by atoms with Crippen LogP contribution in [-0.2, 0) is 11.3 Å². The molecule has 0 saturated heterocycles. The van der Waals surface area contributed by atoms with Gasteiger partial charge >= 0.3 is 0 Å². The van der Waals surface area contributed by atoms with E-state index in [-0.39, 0.29) is 11.8 Å². The molecular weight excluding hydrogens is 214 g/mol. The Morgan fingerprint density at radius 1 is 1.41 bits per heavy atom. The lowest BCUT2D eigenvalue weighted by molar-refractivity contribution is -0.120. The summed E-state index contributed by atoms with van der Waals surface area (Å²) in [6, 6.07) is 3.69. The summed E-state index contributed by atoms with van der Waals surface area (Å²) in [6.45, 7) is 0.467. The van der Waals surface area contributed by atoms with Gasteiger partial charge in [0.1, 0.15) is 5.82 Å². The van der Waals surface area contributed by atoms with E-state index in [1.165, 1.54) is 6.42 Å². The van der Waals surface area contributed by atoms with Gasteiger partial charge in [-0.05, 0) is 30.5 Å². The van der Waals surface area contributed by atoms with Gasteiger partial charge in [-0.3, -0.25) is 4.79 Å². The molecule has 1 fully saturated rings. The number of carbonyl (C=O) groups excluding carboxylic acids is 1. The van der Waals surface area contributed by atoms with Crippen LogP contribution >= 0.6 is 0 Å². The Morgan fingerprint density at radius 3 is 2.88 bits per heavy atom. The fourth-order valence-corrected chi connectivity index (χ4v) is 2.26. The molecule has 92 valence electrons. The third-order valence-corrected chi connectivity index (χ3v) is 3.29. The van der Waals surface area contributed by atoms with Crippen molar-refractivity contribution in [1.82, 2.24) is 4.98 Å². The second-order valence-electron chi connectivity index (χ2n) is 4.58. The minimum Gasteiger partial charge on any atom is -0.326 e. The summed E-state index contributed by atoms with van der Waals surface area (Å²) < 4.78 is 0. The lowest BCUT2D eigenvalue weighted by Gasteiger charge is -2.20. The zero-order valence-corrected chi connectivity index (χ0v) is 9.98. The summed E-state index contributed by atoms with van der Waals surface area (Å²) >= 11 is 0. The lowest BCUT2D eigenvalue weighted by atomic mass is 9.89. The van der Waals surface area contributed by atoms with Crippen LogP contribution in [0.3, 0.4) is 0 Å². The predicted octanol–water partition coefficient (Wildman–Crippen LogP) is 2.06. The Balaban J connectivity index is 1.96. The lowest BCUT2D eigenvalue weighted by Crippen LogP contribution is -2.25. The molecule has 1 amide bonds. The van der Waals surface area contributed by atoms with Crippen LogP contribution in [0.1, 0.15) is 37.7 Å². The van der Waals surface area contributed by atoms with Crippen molar-refractivity contribution in [3.05, 3.63) is 23.9 Å². The van der Waals surface area contributed by atoms with Gasteiger partial charge in [0.2, 0.25) is 5.91 Å². The zero-order valence-electron chi connectivity index (χ0n) is 9.98. The first-order valence-corrected chi connectivity index (χ1v) is 6.25. The first kappa shape index (κ1) is 12.0. The van der Waals surface area contributed by atoms with Crippen LogP contribution in [0.25, 0.3) is 0 Å². The van der Waals surface area contributed by atoms with Gasteiger partial charge in [0, 0.05) is 18.7 Å². The molecule has 1 heterocycles. The van der Waals surface area contributed by atoms with Gasteiger partial charge in [0.05, 0.1) is 0 Å². The summed E-state index contributed by atoms with van der Waals surface area (Å²) in [5, 5.41) is 2.88. The summed E-state index contributed by atoms with van der Waals surface area (Å²) in [7, 11) is 0. The zero-order chi connectivity index (χ0) is 12.1. The molecule has 1 aromatic heterocycles. The van der Waals surface area contributed by atoms with E-state index >= 15 is 0 Å². The Labute approximate surface area is 102 Å². The maximum absolute atomic E-state index is 12.0. The van der Waals surface area contributed by atoms with Crippen LogP contribution in [0.15, 0.2) is 18.3 Å². The number of hydrogen-bond acceptors (Lipinski definition) is 3. The highest BCUT2D eigenvalue weighted by atomic mass is 16.1. The Hall–Kier alpha value is -1.42. The largest absolute Gasteiger partial charge is 0.326 e.